The third-order valence-corrected chi connectivity index (χ3v) is 16.7. The molecule has 2 aliphatic rings. The van der Waals surface area contributed by atoms with E-state index in [0.717, 1.165) is 54.7 Å². The summed E-state index contributed by atoms with van der Waals surface area (Å²) in [6.45, 7) is 15.7. The van der Waals surface area contributed by atoms with Crippen molar-refractivity contribution < 1.29 is 57.2 Å². The van der Waals surface area contributed by atoms with Crippen LogP contribution in [0.1, 0.15) is 148 Å². The number of benzene rings is 4. The monoisotopic (exact) mass is 1450 g/mol. The highest BCUT2D eigenvalue weighted by Crippen LogP contribution is 2.26. The number of esters is 6. The molecule has 0 saturated heterocycles. The predicted octanol–water partition coefficient (Wildman–Crippen LogP) is 18.7. The van der Waals surface area contributed by atoms with Crippen molar-refractivity contribution in [1.82, 2.24) is 0 Å². The zero-order valence-corrected chi connectivity index (χ0v) is 57.6. The molecular formula is C72H80Br4O12. The largest absolute Gasteiger partial charge is 0.462 e. The van der Waals surface area contributed by atoms with Gasteiger partial charge in [0, 0.05) is 53.7 Å². The first-order valence-corrected chi connectivity index (χ1v) is 32.8. The highest BCUT2D eigenvalue weighted by Gasteiger charge is 2.26. The zero-order chi connectivity index (χ0) is 64.1. The molecule has 0 spiro atoms. The molecule has 4 aromatic carbocycles. The van der Waals surface area contributed by atoms with Gasteiger partial charge in [-0.2, -0.15) is 0 Å². The minimum Gasteiger partial charge on any atom is -0.462 e. The van der Waals surface area contributed by atoms with Crippen LogP contribution in [0.3, 0.4) is 0 Å². The first-order valence-electron chi connectivity index (χ1n) is 29.6. The van der Waals surface area contributed by atoms with E-state index in [-0.39, 0.29) is 61.0 Å². The van der Waals surface area contributed by atoms with E-state index in [1.54, 1.807) is 98.8 Å². The minimum absolute atomic E-state index is 0.0364. The van der Waals surface area contributed by atoms with Crippen molar-refractivity contribution in [1.29, 1.82) is 0 Å². The molecular weight excluding hydrogens is 1380 g/mol. The number of ether oxygens (including phenoxy) is 6. The Morgan fingerprint density at radius 2 is 0.750 bits per heavy atom. The highest BCUT2D eigenvalue weighted by molar-refractivity contribution is 9.11. The standard InChI is InChI=1S/2C36H40Br2O6/c2*1-24-22-26(3)33(44-36(41)29-14-18-31(38)19-15-29)11-9-7-5-6-8-10-32(43-34(39)27(4)23-24)25(2)20-21-42-35(40)28-12-16-30(37)17-13-28/h2*6,8-9,11-19,22-23,25-26,32-33H,5,7,10,20-21H2,1-4H3/b2*8-6+,11-9+,24-22+,27-23+/t2*25-,26+,32-,33+/m00/s1. The maximum Gasteiger partial charge on any atom is 0.338 e. The van der Waals surface area contributed by atoms with E-state index in [0.29, 0.717) is 59.1 Å². The Hall–Kier alpha value is -6.46. The summed E-state index contributed by atoms with van der Waals surface area (Å²) in [7, 11) is 0. The summed E-state index contributed by atoms with van der Waals surface area (Å²) in [5.41, 5.74) is 4.61. The van der Waals surface area contributed by atoms with Crippen LogP contribution in [0.5, 0.6) is 0 Å². The lowest BCUT2D eigenvalue weighted by Gasteiger charge is -2.23. The van der Waals surface area contributed by atoms with Crippen molar-refractivity contribution in [2.24, 2.45) is 23.7 Å². The van der Waals surface area contributed by atoms with Gasteiger partial charge in [-0.1, -0.05) is 151 Å². The zero-order valence-electron chi connectivity index (χ0n) is 51.3. The second-order valence-corrected chi connectivity index (χ2v) is 25.7. The number of hydrogen-bond donors (Lipinski definition) is 0. The summed E-state index contributed by atoms with van der Waals surface area (Å²) >= 11 is 13.5. The van der Waals surface area contributed by atoms with Gasteiger partial charge in [0.1, 0.15) is 24.4 Å². The van der Waals surface area contributed by atoms with Crippen molar-refractivity contribution in [3.05, 3.63) is 232 Å². The van der Waals surface area contributed by atoms with E-state index < -0.39 is 36.1 Å². The molecule has 0 unspecified atom stereocenters. The summed E-state index contributed by atoms with van der Waals surface area (Å²) in [5.74, 6) is -2.68. The lowest BCUT2D eigenvalue weighted by Crippen LogP contribution is -2.26. The van der Waals surface area contributed by atoms with Crippen LogP contribution >= 0.6 is 63.7 Å². The summed E-state index contributed by atoms with van der Waals surface area (Å²) in [4.78, 5) is 76.8. The van der Waals surface area contributed by atoms with Crippen molar-refractivity contribution >= 4 is 99.5 Å². The lowest BCUT2D eigenvalue weighted by molar-refractivity contribution is -0.147. The van der Waals surface area contributed by atoms with E-state index in [1.165, 1.54) is 0 Å². The Bertz CT molecular complexity index is 2990. The van der Waals surface area contributed by atoms with E-state index >= 15 is 0 Å². The number of carbonyl (C=O) groups excluding carboxylic acids is 6. The van der Waals surface area contributed by atoms with Crippen LogP contribution in [-0.2, 0) is 38.0 Å². The average Bonchev–Trinajstić information content (AvgIpc) is 3.62. The fourth-order valence-electron chi connectivity index (χ4n) is 9.30. The molecule has 2 heterocycles. The molecule has 88 heavy (non-hydrogen) atoms. The third kappa shape index (κ3) is 25.9. The molecule has 12 nitrogen and oxygen atoms in total. The van der Waals surface area contributed by atoms with Crippen LogP contribution < -0.4 is 0 Å². The molecule has 0 radical (unpaired) electrons. The molecule has 0 saturated carbocycles. The average molecular weight is 1460 g/mol. The van der Waals surface area contributed by atoms with Crippen LogP contribution in [0.15, 0.2) is 210 Å². The van der Waals surface area contributed by atoms with E-state index in [9.17, 15) is 28.8 Å². The molecule has 0 bridgehead atoms. The van der Waals surface area contributed by atoms with E-state index in [1.807, 2.05) is 114 Å². The van der Waals surface area contributed by atoms with Gasteiger partial charge in [-0.15, -0.1) is 0 Å². The van der Waals surface area contributed by atoms with Gasteiger partial charge in [0.05, 0.1) is 35.5 Å². The Morgan fingerprint density at radius 3 is 1.07 bits per heavy atom. The maximum absolute atomic E-state index is 13.1. The van der Waals surface area contributed by atoms with E-state index in [4.69, 9.17) is 28.4 Å². The van der Waals surface area contributed by atoms with Gasteiger partial charge in [0.15, 0.2) is 0 Å². The van der Waals surface area contributed by atoms with Gasteiger partial charge >= 0.3 is 35.8 Å². The number of cyclic esters (lactones) is 2. The fourth-order valence-corrected chi connectivity index (χ4v) is 10.4. The van der Waals surface area contributed by atoms with Gasteiger partial charge in [-0.05, 0) is 199 Å². The Balaban J connectivity index is 0.000000321. The molecule has 0 aromatic heterocycles. The molecule has 2 aliphatic heterocycles. The normalized spacial score (nSPS) is 24.4. The van der Waals surface area contributed by atoms with Crippen molar-refractivity contribution in [3.8, 4) is 0 Å². The summed E-state index contributed by atoms with van der Waals surface area (Å²) < 4.78 is 38.3. The van der Waals surface area contributed by atoms with Crippen molar-refractivity contribution in [2.45, 2.75) is 131 Å². The molecule has 16 heteroatoms. The number of rotatable bonds is 14. The summed E-state index contributed by atoms with van der Waals surface area (Å²) in [5, 5.41) is 0. The maximum atomic E-state index is 13.1. The first-order chi connectivity index (χ1) is 42.1. The minimum atomic E-state index is -0.471. The third-order valence-electron chi connectivity index (χ3n) is 14.5. The second kappa shape index (κ2) is 38.2. The van der Waals surface area contributed by atoms with Gasteiger partial charge in [0.25, 0.3) is 0 Å². The molecule has 4 aromatic rings. The van der Waals surface area contributed by atoms with Gasteiger partial charge < -0.3 is 28.4 Å². The fraction of sp³-hybridized carbons (Fsp3) is 0.361. The smallest absolute Gasteiger partial charge is 0.338 e. The van der Waals surface area contributed by atoms with Crippen LogP contribution in [0.2, 0.25) is 0 Å². The Kier molecular flexibility index (Phi) is 31.4. The van der Waals surface area contributed by atoms with Crippen LogP contribution in [-0.4, -0.2) is 73.4 Å². The second-order valence-electron chi connectivity index (χ2n) is 22.1. The lowest BCUT2D eigenvalue weighted by atomic mass is 9.97. The molecule has 0 N–H and O–H groups in total. The molecule has 0 fully saturated rings. The molecule has 8 atom stereocenters. The van der Waals surface area contributed by atoms with Gasteiger partial charge in [-0.3, -0.25) is 0 Å². The first kappa shape index (κ1) is 72.3. The van der Waals surface area contributed by atoms with Crippen LogP contribution in [0.25, 0.3) is 0 Å². The molecule has 468 valence electrons. The number of allylic oxidation sites excluding steroid dienone is 8. The number of hydrogen-bond acceptors (Lipinski definition) is 12. The van der Waals surface area contributed by atoms with Crippen molar-refractivity contribution in [2.75, 3.05) is 13.2 Å². The quantitative estimate of drug-likeness (QED) is 0.0669. The van der Waals surface area contributed by atoms with Crippen LogP contribution in [0.4, 0.5) is 0 Å². The van der Waals surface area contributed by atoms with Gasteiger partial charge in [0.2, 0.25) is 0 Å². The van der Waals surface area contributed by atoms with Crippen molar-refractivity contribution in [3.63, 3.8) is 0 Å². The van der Waals surface area contributed by atoms with Gasteiger partial charge in [-0.25, -0.2) is 28.8 Å². The molecule has 0 amide bonds. The number of carbonyl (C=O) groups is 6. The highest BCUT2D eigenvalue weighted by atomic mass is 79.9. The molecule has 6 rings (SSSR count). The summed E-state index contributed by atoms with van der Waals surface area (Å²) in [6, 6.07) is 28.2. The number of halogens is 4. The SMILES string of the molecule is CC1=C\[C@@H](C)[C@H](OC(=O)c2ccc(Br)cc2)/C=C/CC/C=C/C[C@@H]([C@@H](C)CCOC(=O)c2ccc(Br)cc2)OC(=O)\C(C)=C\1.CC1=C\[C@@H](C)[C@H](OC(=O)c2ccc(Br)cc2)/C=C/CC/C=C/C[C@@H]([C@@H](C)CCOC(=O)c2ccc(Br)cc2)OC(=O)\C(C)=C\1. The Morgan fingerprint density at radius 1 is 0.455 bits per heavy atom. The predicted molar refractivity (Wildman–Crippen MR) is 360 cm³/mol. The topological polar surface area (TPSA) is 158 Å². The molecule has 0 aliphatic carbocycles. The summed E-state index contributed by atoms with van der Waals surface area (Å²) in [6.07, 6.45) is 27.3. The van der Waals surface area contributed by atoms with E-state index in [2.05, 4.69) is 75.9 Å². The Labute approximate surface area is 553 Å². The van der Waals surface area contributed by atoms with Crippen LogP contribution in [0, 0.1) is 23.7 Å².